The van der Waals surface area contributed by atoms with E-state index in [9.17, 15) is 9.90 Å². The third-order valence-corrected chi connectivity index (χ3v) is 6.08. The molecule has 0 aliphatic rings. The Bertz CT molecular complexity index is 942. The molecular weight excluding hydrogens is 510 g/mol. The van der Waals surface area contributed by atoms with E-state index >= 15 is 0 Å². The number of ether oxygens (including phenoxy) is 2. The third kappa shape index (κ3) is 16.7. The molecule has 0 spiro atoms. The second-order valence-electron chi connectivity index (χ2n) is 10.9. The van der Waals surface area contributed by atoms with Gasteiger partial charge in [0.2, 0.25) is 0 Å². The van der Waals surface area contributed by atoms with Crippen molar-refractivity contribution in [3.05, 3.63) is 54.1 Å². The molecule has 0 aliphatic heterocycles. The molecule has 0 aliphatic carbocycles. The maximum Gasteiger partial charge on any atom is 0.412 e. The van der Waals surface area contributed by atoms with Crippen LogP contribution in [0.5, 0.6) is 5.75 Å². The van der Waals surface area contributed by atoms with Crippen LogP contribution in [0.1, 0.15) is 60.5 Å². The van der Waals surface area contributed by atoms with Crippen molar-refractivity contribution >= 4 is 23.7 Å². The maximum atomic E-state index is 12.5. The number of methoxy groups -OCH3 is 1. The number of aryl methyl sites for hydroxylation is 1. The number of rotatable bonds is 10. The Hall–Kier alpha value is -2.86. The van der Waals surface area contributed by atoms with Gasteiger partial charge in [-0.15, -0.1) is 12.8 Å². The molecule has 0 fully saturated rings. The molecule has 0 aromatic heterocycles. The second kappa shape index (κ2) is 17.7. The number of aliphatic hydroxyl groups is 1. The fourth-order valence-corrected chi connectivity index (χ4v) is 4.39. The van der Waals surface area contributed by atoms with Crippen molar-refractivity contribution in [2.75, 3.05) is 32.5 Å². The minimum Gasteiger partial charge on any atom is -0.497 e. The monoisotopic (exact) mass is 559 g/mol. The smallest absolute Gasteiger partial charge is 0.412 e. The van der Waals surface area contributed by atoms with Gasteiger partial charge in [0.15, 0.2) is 0 Å². The summed E-state index contributed by atoms with van der Waals surface area (Å²) in [4.78, 5) is 15.1. The summed E-state index contributed by atoms with van der Waals surface area (Å²) >= 11 is 1.69. The molecule has 0 heterocycles. The van der Waals surface area contributed by atoms with Crippen LogP contribution in [0.15, 0.2) is 53.4 Å². The summed E-state index contributed by atoms with van der Waals surface area (Å²) in [5.41, 5.74) is 5.62. The van der Waals surface area contributed by atoms with Crippen LogP contribution >= 0.6 is 11.9 Å². The van der Waals surface area contributed by atoms with Crippen LogP contribution < -0.4 is 10.5 Å². The highest BCUT2D eigenvalue weighted by Gasteiger charge is 2.32. The van der Waals surface area contributed by atoms with Gasteiger partial charge in [0.05, 0.1) is 7.11 Å². The Morgan fingerprint density at radius 3 is 1.95 bits per heavy atom. The van der Waals surface area contributed by atoms with Gasteiger partial charge in [0.1, 0.15) is 17.1 Å². The minimum absolute atomic E-state index is 0.413. The molecule has 0 saturated carbocycles. The number of hydrogen-bond donors (Lipinski definition) is 2. The average molecular weight is 560 g/mol. The fourth-order valence-electron chi connectivity index (χ4n) is 3.24. The van der Waals surface area contributed by atoms with Crippen LogP contribution in [-0.2, 0) is 4.74 Å². The number of nitrogens with two attached hydrogens (primary N) is 1. The highest BCUT2D eigenvalue weighted by atomic mass is 32.2. The number of anilines is 1. The van der Waals surface area contributed by atoms with Gasteiger partial charge in [-0.05, 0) is 102 Å². The number of amides is 1. The Balaban J connectivity index is 0.00000121. The van der Waals surface area contributed by atoms with Crippen molar-refractivity contribution < 1.29 is 19.4 Å². The van der Waals surface area contributed by atoms with E-state index in [1.54, 1.807) is 32.9 Å². The Kier molecular flexibility index (Phi) is 16.4. The summed E-state index contributed by atoms with van der Waals surface area (Å²) in [6.45, 7) is 17.2. The molecular formula is C31H49N3O4S. The van der Waals surface area contributed by atoms with Gasteiger partial charge in [-0.2, -0.15) is 0 Å². The predicted octanol–water partition coefficient (Wildman–Crippen LogP) is 6.84. The molecule has 0 unspecified atom stereocenters. The third-order valence-electron chi connectivity index (χ3n) is 5.00. The average Bonchev–Trinajstić information content (AvgIpc) is 2.83. The topological polar surface area (TPSA) is 88.3 Å². The van der Waals surface area contributed by atoms with Crippen LogP contribution in [0.2, 0.25) is 0 Å². The number of carbonyl (C=O) groups is 1. The van der Waals surface area contributed by atoms with E-state index in [-0.39, 0.29) is 0 Å². The number of terminal acetylenes is 1. The summed E-state index contributed by atoms with van der Waals surface area (Å²) in [7, 11) is 1.66. The van der Waals surface area contributed by atoms with Crippen molar-refractivity contribution in [3.8, 4) is 18.6 Å². The highest BCUT2D eigenvalue weighted by Crippen LogP contribution is 2.26. The summed E-state index contributed by atoms with van der Waals surface area (Å²) in [5.74, 6) is 1.35. The minimum atomic E-state index is -1.28. The molecule has 2 aromatic rings. The largest absolute Gasteiger partial charge is 0.497 e. The van der Waals surface area contributed by atoms with Crippen molar-refractivity contribution in [1.82, 2.24) is 9.21 Å². The zero-order valence-electron chi connectivity index (χ0n) is 25.2. The summed E-state index contributed by atoms with van der Waals surface area (Å²) in [6.07, 6.45) is 8.22. The lowest BCUT2D eigenvalue weighted by Crippen LogP contribution is -2.50. The lowest BCUT2D eigenvalue weighted by molar-refractivity contribution is -0.0827. The lowest BCUT2D eigenvalue weighted by Gasteiger charge is -2.36. The molecule has 39 heavy (non-hydrogen) atoms. The van der Waals surface area contributed by atoms with Crippen LogP contribution in [0, 0.1) is 25.7 Å². The fraction of sp³-hybridized carbons (Fsp3) is 0.516. The maximum absolute atomic E-state index is 12.5. The summed E-state index contributed by atoms with van der Waals surface area (Å²) < 4.78 is 13.0. The van der Waals surface area contributed by atoms with Crippen LogP contribution in [0.4, 0.5) is 10.5 Å². The van der Waals surface area contributed by atoms with E-state index in [1.165, 1.54) is 10.5 Å². The van der Waals surface area contributed by atoms with E-state index < -0.39 is 17.4 Å². The van der Waals surface area contributed by atoms with E-state index in [0.29, 0.717) is 12.5 Å². The number of hydrogen-bond acceptors (Lipinski definition) is 7. The molecule has 0 radical (unpaired) electrons. The van der Waals surface area contributed by atoms with Gasteiger partial charge in [-0.1, -0.05) is 31.5 Å². The second-order valence-corrected chi connectivity index (χ2v) is 12.1. The standard InChI is InChI=1S/C22H38N2O4S.C7H9N.C2H2/c1-17(2)16-23(29-19-12-10-18(27-8)11-13-19)14-9-15-24(22(6,7)26)20(25)28-21(3,4)5;1-6-2-4-7(8)5-3-6;1-2/h10-13,17,26H,9,14-16H2,1-8H3;2-5H,8H2,1H3;1-2H. The number of benzene rings is 2. The molecule has 2 aromatic carbocycles. The van der Waals surface area contributed by atoms with Gasteiger partial charge < -0.3 is 20.3 Å². The van der Waals surface area contributed by atoms with Gasteiger partial charge in [-0.3, -0.25) is 4.90 Å². The summed E-state index contributed by atoms with van der Waals surface area (Å²) in [6, 6.07) is 15.8. The van der Waals surface area contributed by atoms with Crippen LogP contribution in [-0.4, -0.2) is 58.5 Å². The lowest BCUT2D eigenvalue weighted by atomic mass is 10.2. The van der Waals surface area contributed by atoms with Crippen molar-refractivity contribution in [3.63, 3.8) is 0 Å². The molecule has 2 rings (SSSR count). The first-order valence-corrected chi connectivity index (χ1v) is 13.8. The molecule has 3 N–H and O–H groups in total. The van der Waals surface area contributed by atoms with Crippen molar-refractivity contribution in [1.29, 1.82) is 0 Å². The Morgan fingerprint density at radius 2 is 1.54 bits per heavy atom. The molecule has 7 nitrogen and oxygen atoms in total. The quantitative estimate of drug-likeness (QED) is 0.143. The number of nitrogens with zero attached hydrogens (tertiary/aromatic N) is 2. The summed E-state index contributed by atoms with van der Waals surface area (Å²) in [5, 5.41) is 10.4. The van der Waals surface area contributed by atoms with Crippen molar-refractivity contribution in [2.24, 2.45) is 5.92 Å². The van der Waals surface area contributed by atoms with E-state index in [0.717, 1.165) is 35.8 Å². The first-order valence-electron chi connectivity index (χ1n) is 13.1. The number of nitrogen functional groups attached to an aromatic ring is 1. The van der Waals surface area contributed by atoms with Gasteiger partial charge in [0.25, 0.3) is 0 Å². The zero-order valence-corrected chi connectivity index (χ0v) is 26.0. The first-order chi connectivity index (χ1) is 18.1. The molecule has 0 bridgehead atoms. The van der Waals surface area contributed by atoms with E-state index in [1.807, 2.05) is 76.2 Å². The van der Waals surface area contributed by atoms with Gasteiger partial charge in [-0.25, -0.2) is 9.10 Å². The predicted molar refractivity (Wildman–Crippen MR) is 165 cm³/mol. The molecule has 1 amide bonds. The SMILES string of the molecule is C#C.COc1ccc(SN(CCCN(C(=O)OC(C)(C)C)C(C)(C)O)CC(C)C)cc1.Cc1ccc(N)cc1. The van der Waals surface area contributed by atoms with Gasteiger partial charge in [0, 0.05) is 30.2 Å². The molecule has 218 valence electrons. The molecule has 0 saturated heterocycles. The molecule has 8 heteroatoms. The first kappa shape index (κ1) is 36.1. The Labute approximate surface area is 241 Å². The van der Waals surface area contributed by atoms with Crippen LogP contribution in [0.3, 0.4) is 0 Å². The van der Waals surface area contributed by atoms with E-state index in [2.05, 4.69) is 31.0 Å². The number of carbonyl (C=O) groups excluding carboxylic acids is 1. The van der Waals surface area contributed by atoms with E-state index in [4.69, 9.17) is 15.2 Å². The normalized spacial score (nSPS) is 11.1. The highest BCUT2D eigenvalue weighted by molar-refractivity contribution is 7.97. The zero-order chi connectivity index (χ0) is 30.2. The van der Waals surface area contributed by atoms with Crippen LogP contribution in [0.25, 0.3) is 0 Å². The Morgan fingerprint density at radius 1 is 1.00 bits per heavy atom. The van der Waals surface area contributed by atoms with Gasteiger partial charge >= 0.3 is 6.09 Å². The van der Waals surface area contributed by atoms with Crippen molar-refractivity contribution in [2.45, 2.75) is 78.0 Å². The molecule has 0 atom stereocenters.